The van der Waals surface area contributed by atoms with Crippen molar-refractivity contribution in [1.29, 1.82) is 0 Å². The molecule has 3 N–H and O–H groups in total. The second-order valence-electron chi connectivity index (χ2n) is 4.23. The molecule has 1 atom stereocenters. The van der Waals surface area contributed by atoms with Crippen LogP contribution in [0, 0.1) is 5.41 Å². The Kier molecular flexibility index (Phi) is 2.63. The molecule has 4 nitrogen and oxygen atoms in total. The second-order valence-corrected chi connectivity index (χ2v) is 4.23. The average molecular weight is 187 g/mol. The number of hydrogen-bond acceptors (Lipinski definition) is 3. The maximum Gasteiger partial charge on any atom is 0.313 e. The van der Waals surface area contributed by atoms with E-state index in [1.807, 2.05) is 0 Å². The molecule has 4 heteroatoms. The molecule has 1 aliphatic heterocycles. The van der Waals surface area contributed by atoms with E-state index in [0.29, 0.717) is 13.0 Å². The first-order chi connectivity index (χ1) is 5.90. The Labute approximate surface area is 78.0 Å². The van der Waals surface area contributed by atoms with Crippen molar-refractivity contribution in [2.45, 2.75) is 32.3 Å². The van der Waals surface area contributed by atoms with Gasteiger partial charge in [0.25, 0.3) is 0 Å². The third kappa shape index (κ3) is 1.69. The molecule has 0 aromatic heterocycles. The maximum absolute atomic E-state index is 11.1. The predicted octanol–water partition coefficient (Wildman–Crippen LogP) is 0.212. The van der Waals surface area contributed by atoms with Crippen molar-refractivity contribution in [1.82, 2.24) is 5.32 Å². The molecule has 0 aromatic carbocycles. The summed E-state index contributed by atoms with van der Waals surface area (Å²) >= 11 is 0. The Hall–Kier alpha value is -0.610. The van der Waals surface area contributed by atoms with Gasteiger partial charge >= 0.3 is 5.97 Å². The van der Waals surface area contributed by atoms with E-state index in [-0.39, 0.29) is 0 Å². The van der Waals surface area contributed by atoms with Crippen LogP contribution in [-0.2, 0) is 4.79 Å². The third-order valence-electron chi connectivity index (χ3n) is 2.96. The lowest BCUT2D eigenvalue weighted by molar-refractivity contribution is -0.167. The van der Waals surface area contributed by atoms with Gasteiger partial charge in [-0.2, -0.15) is 0 Å². The molecule has 76 valence electrons. The fourth-order valence-corrected chi connectivity index (χ4v) is 1.87. The minimum absolute atomic E-state index is 0.353. The molecule has 0 aliphatic carbocycles. The van der Waals surface area contributed by atoms with E-state index >= 15 is 0 Å². The summed E-state index contributed by atoms with van der Waals surface area (Å²) in [4.78, 5) is 11.1. The molecule has 1 aliphatic rings. The van der Waals surface area contributed by atoms with Gasteiger partial charge < -0.3 is 15.5 Å². The highest BCUT2D eigenvalue weighted by atomic mass is 16.4. The van der Waals surface area contributed by atoms with Crippen LogP contribution in [0.1, 0.15) is 26.7 Å². The molecule has 1 saturated heterocycles. The minimum atomic E-state index is -1.17. The predicted molar refractivity (Wildman–Crippen MR) is 48.5 cm³/mol. The number of aliphatic carboxylic acids is 1. The monoisotopic (exact) mass is 187 g/mol. The van der Waals surface area contributed by atoms with E-state index in [1.165, 1.54) is 0 Å². The molecule has 13 heavy (non-hydrogen) atoms. The van der Waals surface area contributed by atoms with Gasteiger partial charge in [0.2, 0.25) is 0 Å². The number of hydrogen-bond donors (Lipinski definition) is 3. The van der Waals surface area contributed by atoms with E-state index in [0.717, 1.165) is 13.0 Å². The van der Waals surface area contributed by atoms with Crippen molar-refractivity contribution in [2.24, 2.45) is 5.41 Å². The molecule has 0 bridgehead atoms. The number of aliphatic hydroxyl groups is 1. The summed E-state index contributed by atoms with van der Waals surface area (Å²) in [5, 5.41) is 22.0. The highest BCUT2D eigenvalue weighted by Crippen LogP contribution is 2.37. The van der Waals surface area contributed by atoms with E-state index in [2.05, 4.69) is 5.32 Å². The van der Waals surface area contributed by atoms with E-state index in [1.54, 1.807) is 13.8 Å². The zero-order valence-corrected chi connectivity index (χ0v) is 8.13. The van der Waals surface area contributed by atoms with Crippen LogP contribution in [0.5, 0.6) is 0 Å². The van der Waals surface area contributed by atoms with Gasteiger partial charge in [0.15, 0.2) is 0 Å². The Morgan fingerprint density at radius 1 is 1.54 bits per heavy atom. The van der Waals surface area contributed by atoms with Crippen LogP contribution in [0.2, 0.25) is 0 Å². The van der Waals surface area contributed by atoms with Gasteiger partial charge in [-0.1, -0.05) is 0 Å². The smallest absolute Gasteiger partial charge is 0.313 e. The lowest BCUT2D eigenvalue weighted by Gasteiger charge is -2.42. The SMILES string of the molecule is CC(C)(O)C1(C(=O)O)CCCNC1. The summed E-state index contributed by atoms with van der Waals surface area (Å²) in [5.74, 6) is -0.910. The molecular formula is C9H17NO3. The number of rotatable bonds is 2. The van der Waals surface area contributed by atoms with Gasteiger partial charge in [-0.15, -0.1) is 0 Å². The Morgan fingerprint density at radius 3 is 2.38 bits per heavy atom. The van der Waals surface area contributed by atoms with Crippen molar-refractivity contribution in [3.63, 3.8) is 0 Å². The van der Waals surface area contributed by atoms with Crippen molar-refractivity contribution in [3.8, 4) is 0 Å². The molecule has 1 rings (SSSR count). The largest absolute Gasteiger partial charge is 0.481 e. The first kappa shape index (κ1) is 10.5. The van der Waals surface area contributed by atoms with Crippen LogP contribution in [0.25, 0.3) is 0 Å². The zero-order chi connectivity index (χ0) is 10.1. The summed E-state index contributed by atoms with van der Waals surface area (Å²) in [5.41, 5.74) is -2.20. The fraction of sp³-hybridized carbons (Fsp3) is 0.889. The second kappa shape index (κ2) is 3.27. The van der Waals surface area contributed by atoms with Gasteiger partial charge in [0.05, 0.1) is 5.60 Å². The average Bonchev–Trinajstić information content (AvgIpc) is 2.03. The highest BCUT2D eigenvalue weighted by molar-refractivity contribution is 5.76. The normalized spacial score (nSPS) is 30.1. The van der Waals surface area contributed by atoms with Gasteiger partial charge in [0.1, 0.15) is 5.41 Å². The summed E-state index contributed by atoms with van der Waals surface area (Å²) in [6.45, 7) is 4.32. The molecule has 0 aromatic rings. The quantitative estimate of drug-likeness (QED) is 0.578. The van der Waals surface area contributed by atoms with E-state index < -0.39 is 17.0 Å². The van der Waals surface area contributed by atoms with Crippen LogP contribution >= 0.6 is 0 Å². The summed E-state index contributed by atoms with van der Waals surface area (Å²) in [6, 6.07) is 0. The number of nitrogens with one attached hydrogen (secondary N) is 1. The fourth-order valence-electron chi connectivity index (χ4n) is 1.87. The molecule has 0 saturated carbocycles. The van der Waals surface area contributed by atoms with Crippen molar-refractivity contribution >= 4 is 5.97 Å². The molecule has 1 fully saturated rings. The first-order valence-electron chi connectivity index (χ1n) is 4.57. The first-order valence-corrected chi connectivity index (χ1v) is 4.57. The van der Waals surface area contributed by atoms with Crippen molar-refractivity contribution < 1.29 is 15.0 Å². The van der Waals surface area contributed by atoms with Gasteiger partial charge in [-0.05, 0) is 33.2 Å². The molecule has 0 amide bonds. The molecule has 0 radical (unpaired) electrons. The summed E-state index contributed by atoms with van der Waals surface area (Å²) < 4.78 is 0. The molecular weight excluding hydrogens is 170 g/mol. The number of piperidine rings is 1. The minimum Gasteiger partial charge on any atom is -0.481 e. The van der Waals surface area contributed by atoms with Crippen LogP contribution in [0.3, 0.4) is 0 Å². The maximum atomic E-state index is 11.1. The Morgan fingerprint density at radius 2 is 2.15 bits per heavy atom. The highest BCUT2D eigenvalue weighted by Gasteiger charge is 2.50. The summed E-state index contributed by atoms with van der Waals surface area (Å²) in [6.07, 6.45) is 1.34. The van der Waals surface area contributed by atoms with E-state index in [4.69, 9.17) is 5.11 Å². The van der Waals surface area contributed by atoms with Gasteiger partial charge in [-0.25, -0.2) is 0 Å². The van der Waals surface area contributed by atoms with Gasteiger partial charge in [0, 0.05) is 6.54 Å². The zero-order valence-electron chi connectivity index (χ0n) is 8.13. The van der Waals surface area contributed by atoms with Crippen molar-refractivity contribution in [3.05, 3.63) is 0 Å². The molecule has 0 spiro atoms. The van der Waals surface area contributed by atoms with Crippen LogP contribution < -0.4 is 5.32 Å². The number of carboxylic acid groups (broad SMARTS) is 1. The van der Waals surface area contributed by atoms with Crippen LogP contribution in [0.4, 0.5) is 0 Å². The summed E-state index contributed by atoms with van der Waals surface area (Å²) in [7, 11) is 0. The Bertz CT molecular complexity index is 201. The number of carbonyl (C=O) groups is 1. The van der Waals surface area contributed by atoms with Gasteiger partial charge in [-0.3, -0.25) is 4.79 Å². The third-order valence-corrected chi connectivity index (χ3v) is 2.96. The lowest BCUT2D eigenvalue weighted by atomic mass is 9.69. The Balaban J connectivity index is 2.93. The topological polar surface area (TPSA) is 69.6 Å². The standard InChI is InChI=1S/C9H17NO3/c1-8(2,13)9(7(11)12)4-3-5-10-6-9/h10,13H,3-6H2,1-2H3,(H,11,12). The van der Waals surface area contributed by atoms with Crippen LogP contribution in [0.15, 0.2) is 0 Å². The molecule has 1 unspecified atom stereocenters. The molecule has 1 heterocycles. The van der Waals surface area contributed by atoms with Crippen molar-refractivity contribution in [2.75, 3.05) is 13.1 Å². The van der Waals surface area contributed by atoms with E-state index in [9.17, 15) is 9.90 Å². The lowest BCUT2D eigenvalue weighted by Crippen LogP contribution is -2.57. The number of carboxylic acids is 1. The van der Waals surface area contributed by atoms with Crippen LogP contribution in [-0.4, -0.2) is 34.9 Å².